The molecule has 0 unspecified atom stereocenters. The van der Waals surface area contributed by atoms with E-state index in [1.165, 1.54) is 0 Å². The van der Waals surface area contributed by atoms with E-state index < -0.39 is 0 Å². The first-order valence-electron chi connectivity index (χ1n) is 4.78. The van der Waals surface area contributed by atoms with Crippen LogP contribution in [0.4, 0.5) is 16.2 Å². The number of anilines is 2. The molecule has 0 atom stereocenters. The Morgan fingerprint density at radius 1 is 1.47 bits per heavy atom. The standard InChI is InChI=1S/C10H12ClN3O/c11-7-2-1-3-8(12)9(7)14-10(15)13-6-4-5-6/h1-3,6H,4-5,12H2,(H2,13,14,15). The molecule has 0 aromatic heterocycles. The zero-order valence-corrected chi connectivity index (χ0v) is 8.84. The summed E-state index contributed by atoms with van der Waals surface area (Å²) < 4.78 is 0. The topological polar surface area (TPSA) is 67.1 Å². The van der Waals surface area contributed by atoms with E-state index in [-0.39, 0.29) is 6.03 Å². The third-order valence-electron chi connectivity index (χ3n) is 2.20. The number of nitrogens with one attached hydrogen (secondary N) is 2. The minimum atomic E-state index is -0.252. The molecule has 1 aliphatic rings. The molecule has 5 heteroatoms. The smallest absolute Gasteiger partial charge is 0.319 e. The van der Waals surface area contributed by atoms with E-state index in [1.807, 2.05) is 0 Å². The van der Waals surface area contributed by atoms with Crippen LogP contribution < -0.4 is 16.4 Å². The van der Waals surface area contributed by atoms with Crippen molar-refractivity contribution in [3.63, 3.8) is 0 Å². The molecule has 0 bridgehead atoms. The van der Waals surface area contributed by atoms with Gasteiger partial charge in [0, 0.05) is 6.04 Å². The van der Waals surface area contributed by atoms with Gasteiger partial charge in [-0.15, -0.1) is 0 Å². The molecule has 1 saturated carbocycles. The lowest BCUT2D eigenvalue weighted by atomic mass is 10.3. The summed E-state index contributed by atoms with van der Waals surface area (Å²) in [6.45, 7) is 0. The number of rotatable bonds is 2. The summed E-state index contributed by atoms with van der Waals surface area (Å²) in [4.78, 5) is 11.4. The van der Waals surface area contributed by atoms with E-state index in [4.69, 9.17) is 17.3 Å². The van der Waals surface area contributed by atoms with E-state index in [9.17, 15) is 4.79 Å². The Labute approximate surface area is 92.8 Å². The van der Waals surface area contributed by atoms with Crippen LogP contribution in [0.1, 0.15) is 12.8 Å². The zero-order valence-electron chi connectivity index (χ0n) is 8.09. The third-order valence-corrected chi connectivity index (χ3v) is 2.51. The van der Waals surface area contributed by atoms with Gasteiger partial charge in [0.25, 0.3) is 0 Å². The Kier molecular flexibility index (Phi) is 2.68. The number of hydrogen-bond donors (Lipinski definition) is 3. The number of hydrogen-bond acceptors (Lipinski definition) is 2. The Morgan fingerprint density at radius 2 is 2.20 bits per heavy atom. The van der Waals surface area contributed by atoms with Crippen molar-refractivity contribution in [2.75, 3.05) is 11.1 Å². The predicted octanol–water partition coefficient (Wildman–Crippen LogP) is 2.21. The van der Waals surface area contributed by atoms with Gasteiger partial charge in [0.1, 0.15) is 0 Å². The Bertz CT molecular complexity index is 370. The molecule has 80 valence electrons. The van der Waals surface area contributed by atoms with Crippen molar-refractivity contribution < 1.29 is 4.79 Å². The zero-order chi connectivity index (χ0) is 10.8. The third kappa shape index (κ3) is 2.53. The average Bonchev–Trinajstić information content (AvgIpc) is 2.95. The SMILES string of the molecule is Nc1cccc(Cl)c1NC(=O)NC1CC1. The first kappa shape index (κ1) is 10.1. The average molecular weight is 226 g/mol. The van der Waals surface area contributed by atoms with E-state index in [1.54, 1.807) is 18.2 Å². The van der Waals surface area contributed by atoms with Gasteiger partial charge in [-0.25, -0.2) is 4.79 Å². The fraction of sp³-hybridized carbons (Fsp3) is 0.300. The lowest BCUT2D eigenvalue weighted by Crippen LogP contribution is -2.30. The summed E-state index contributed by atoms with van der Waals surface area (Å²) in [6.07, 6.45) is 2.09. The molecular weight excluding hydrogens is 214 g/mol. The molecule has 0 saturated heterocycles. The summed E-state index contributed by atoms with van der Waals surface area (Å²) in [6, 6.07) is 5.18. The quantitative estimate of drug-likeness (QED) is 0.676. The minimum Gasteiger partial charge on any atom is -0.397 e. The number of benzene rings is 1. The van der Waals surface area contributed by atoms with Crippen LogP contribution in [-0.2, 0) is 0 Å². The number of urea groups is 1. The van der Waals surface area contributed by atoms with Crippen molar-refractivity contribution in [1.82, 2.24) is 5.32 Å². The van der Waals surface area contributed by atoms with E-state index in [2.05, 4.69) is 10.6 Å². The van der Waals surface area contributed by atoms with Crippen LogP contribution in [0.3, 0.4) is 0 Å². The highest BCUT2D eigenvalue weighted by molar-refractivity contribution is 6.34. The number of halogens is 1. The van der Waals surface area contributed by atoms with Gasteiger partial charge in [-0.05, 0) is 25.0 Å². The van der Waals surface area contributed by atoms with Crippen LogP contribution in [0.15, 0.2) is 18.2 Å². The maximum absolute atomic E-state index is 11.4. The lowest BCUT2D eigenvalue weighted by molar-refractivity contribution is 0.251. The number of nitrogen functional groups attached to an aromatic ring is 1. The highest BCUT2D eigenvalue weighted by Gasteiger charge is 2.23. The molecule has 2 rings (SSSR count). The van der Waals surface area contributed by atoms with Crippen LogP contribution in [0.2, 0.25) is 5.02 Å². The maximum atomic E-state index is 11.4. The van der Waals surface area contributed by atoms with Crippen LogP contribution in [0.25, 0.3) is 0 Å². The van der Waals surface area contributed by atoms with Gasteiger partial charge in [0.05, 0.1) is 16.4 Å². The van der Waals surface area contributed by atoms with Crippen molar-refractivity contribution in [2.24, 2.45) is 0 Å². The molecule has 0 spiro atoms. The summed E-state index contributed by atoms with van der Waals surface area (Å²) in [5.41, 5.74) is 6.63. The molecule has 4 N–H and O–H groups in total. The van der Waals surface area contributed by atoms with Crippen molar-refractivity contribution in [3.05, 3.63) is 23.2 Å². The summed E-state index contributed by atoms with van der Waals surface area (Å²) in [5.74, 6) is 0. The van der Waals surface area contributed by atoms with Gasteiger partial charge in [0.15, 0.2) is 0 Å². The van der Waals surface area contributed by atoms with Gasteiger partial charge in [-0.3, -0.25) is 0 Å². The van der Waals surface area contributed by atoms with Crippen LogP contribution in [-0.4, -0.2) is 12.1 Å². The van der Waals surface area contributed by atoms with Crippen molar-refractivity contribution in [2.45, 2.75) is 18.9 Å². The lowest BCUT2D eigenvalue weighted by Gasteiger charge is -2.10. The van der Waals surface area contributed by atoms with Crippen LogP contribution in [0.5, 0.6) is 0 Å². The van der Waals surface area contributed by atoms with Gasteiger partial charge in [0.2, 0.25) is 0 Å². The molecule has 0 radical (unpaired) electrons. The van der Waals surface area contributed by atoms with Gasteiger partial charge in [-0.1, -0.05) is 17.7 Å². The first-order chi connectivity index (χ1) is 7.16. The van der Waals surface area contributed by atoms with Gasteiger partial charge >= 0.3 is 6.03 Å². The second kappa shape index (κ2) is 3.98. The highest BCUT2D eigenvalue weighted by atomic mass is 35.5. The Hall–Kier alpha value is -1.42. The molecule has 15 heavy (non-hydrogen) atoms. The predicted molar refractivity (Wildman–Crippen MR) is 61.0 cm³/mol. The van der Waals surface area contributed by atoms with Gasteiger partial charge in [-0.2, -0.15) is 0 Å². The molecule has 1 fully saturated rings. The monoisotopic (exact) mass is 225 g/mol. The number of carbonyl (C=O) groups excluding carboxylic acids is 1. The molecular formula is C10H12ClN3O. The van der Waals surface area contributed by atoms with E-state index in [0.29, 0.717) is 22.4 Å². The second-order valence-corrected chi connectivity index (χ2v) is 3.98. The molecule has 1 aromatic rings. The van der Waals surface area contributed by atoms with Crippen LogP contribution >= 0.6 is 11.6 Å². The summed E-state index contributed by atoms with van der Waals surface area (Å²) >= 11 is 5.90. The molecule has 2 amide bonds. The maximum Gasteiger partial charge on any atom is 0.319 e. The number of nitrogens with two attached hydrogens (primary N) is 1. The number of para-hydroxylation sites is 1. The Balaban J connectivity index is 2.05. The normalized spacial score (nSPS) is 14.7. The Morgan fingerprint density at radius 3 is 2.80 bits per heavy atom. The van der Waals surface area contributed by atoms with Crippen molar-refractivity contribution in [3.8, 4) is 0 Å². The minimum absolute atomic E-state index is 0.252. The molecule has 0 aliphatic heterocycles. The molecule has 1 aromatic carbocycles. The van der Waals surface area contributed by atoms with Crippen molar-refractivity contribution in [1.29, 1.82) is 0 Å². The first-order valence-corrected chi connectivity index (χ1v) is 5.16. The van der Waals surface area contributed by atoms with E-state index in [0.717, 1.165) is 12.8 Å². The van der Waals surface area contributed by atoms with Crippen LogP contribution in [0, 0.1) is 0 Å². The highest BCUT2D eigenvalue weighted by Crippen LogP contribution is 2.28. The van der Waals surface area contributed by atoms with Crippen molar-refractivity contribution >= 4 is 29.0 Å². The number of carbonyl (C=O) groups is 1. The van der Waals surface area contributed by atoms with Gasteiger partial charge < -0.3 is 16.4 Å². The number of amides is 2. The fourth-order valence-corrected chi connectivity index (χ4v) is 1.46. The second-order valence-electron chi connectivity index (χ2n) is 3.58. The fourth-order valence-electron chi connectivity index (χ4n) is 1.24. The molecule has 1 aliphatic carbocycles. The largest absolute Gasteiger partial charge is 0.397 e. The van der Waals surface area contributed by atoms with E-state index >= 15 is 0 Å². The molecule has 4 nitrogen and oxygen atoms in total. The summed E-state index contributed by atoms with van der Waals surface area (Å²) in [5, 5.41) is 5.88. The molecule has 0 heterocycles. The summed E-state index contributed by atoms with van der Waals surface area (Å²) in [7, 11) is 0.